The highest BCUT2D eigenvalue weighted by atomic mass is 35.5. The summed E-state index contributed by atoms with van der Waals surface area (Å²) in [5.74, 6) is 0. The molecule has 0 spiro atoms. The molecule has 0 saturated carbocycles. The Labute approximate surface area is 93.6 Å². The van der Waals surface area contributed by atoms with E-state index in [1.807, 2.05) is 6.07 Å². The molecule has 2 heterocycles. The first-order valence-electron chi connectivity index (χ1n) is 3.51. The predicted molar refractivity (Wildman–Crippen MR) is 58.7 cm³/mol. The van der Waals surface area contributed by atoms with Gasteiger partial charge in [-0.25, -0.2) is 9.97 Å². The third-order valence-corrected chi connectivity index (χ3v) is 1.64. The highest BCUT2D eigenvalue weighted by Gasteiger charge is 1.98. The van der Waals surface area contributed by atoms with E-state index in [-0.39, 0.29) is 24.8 Å². The van der Waals surface area contributed by atoms with Crippen molar-refractivity contribution in [2.24, 2.45) is 0 Å². The van der Waals surface area contributed by atoms with Crippen LogP contribution in [0.5, 0.6) is 0 Å². The highest BCUT2D eigenvalue weighted by molar-refractivity contribution is 5.85. The van der Waals surface area contributed by atoms with Crippen LogP contribution >= 0.6 is 24.8 Å². The van der Waals surface area contributed by atoms with Gasteiger partial charge in [-0.05, 0) is 18.2 Å². The number of rotatable bonds is 0. The molecule has 0 saturated heterocycles. The number of pyridine rings is 2. The number of hydrogen-bond donors (Lipinski definition) is 0. The number of aromatic nitrogens is 2. The number of halogens is 2. The van der Waals surface area contributed by atoms with Gasteiger partial charge in [0.25, 0.3) is 0 Å². The summed E-state index contributed by atoms with van der Waals surface area (Å²) in [5, 5.41) is 9.54. The molecule has 3 nitrogen and oxygen atoms in total. The van der Waals surface area contributed by atoms with Gasteiger partial charge in [-0.2, -0.15) is 5.26 Å². The number of nitriles is 1. The third-order valence-electron chi connectivity index (χ3n) is 1.64. The van der Waals surface area contributed by atoms with E-state index in [1.54, 1.807) is 24.5 Å². The third kappa shape index (κ3) is 2.11. The van der Waals surface area contributed by atoms with Crippen molar-refractivity contribution in [3.05, 3.63) is 36.2 Å². The van der Waals surface area contributed by atoms with Crippen molar-refractivity contribution < 1.29 is 0 Å². The molecule has 2 aromatic rings. The summed E-state index contributed by atoms with van der Waals surface area (Å²) in [6.45, 7) is 0. The summed E-state index contributed by atoms with van der Waals surface area (Å²) in [4.78, 5) is 8.06. The molecule has 72 valence electrons. The van der Waals surface area contributed by atoms with Crippen molar-refractivity contribution in [1.82, 2.24) is 9.97 Å². The summed E-state index contributed by atoms with van der Waals surface area (Å²) < 4.78 is 0. The van der Waals surface area contributed by atoms with E-state index in [4.69, 9.17) is 5.26 Å². The smallest absolute Gasteiger partial charge is 0.160 e. The van der Waals surface area contributed by atoms with Gasteiger partial charge in [0.1, 0.15) is 0 Å². The van der Waals surface area contributed by atoms with E-state index in [0.717, 1.165) is 5.39 Å². The minimum absolute atomic E-state index is 0. The van der Waals surface area contributed by atoms with Gasteiger partial charge in [-0.15, -0.1) is 24.8 Å². The maximum absolute atomic E-state index is 8.73. The van der Waals surface area contributed by atoms with Crippen LogP contribution in [0.3, 0.4) is 0 Å². The lowest BCUT2D eigenvalue weighted by Crippen LogP contribution is -1.84. The molecule has 0 aromatic carbocycles. The Morgan fingerprint density at radius 3 is 2.50 bits per heavy atom. The summed E-state index contributed by atoms with van der Waals surface area (Å²) in [5.41, 5.74) is 1.24. The Hall–Kier alpha value is -1.37. The zero-order chi connectivity index (χ0) is 8.39. The lowest BCUT2D eigenvalue weighted by molar-refractivity contribution is 1.28. The largest absolute Gasteiger partial charge is 0.237 e. The van der Waals surface area contributed by atoms with Gasteiger partial charge < -0.3 is 0 Å². The second kappa shape index (κ2) is 5.38. The monoisotopic (exact) mass is 227 g/mol. The van der Waals surface area contributed by atoms with Gasteiger partial charge in [0.05, 0.1) is 11.6 Å². The lowest BCUT2D eigenvalue weighted by Gasteiger charge is -1.95. The molecule has 0 N–H and O–H groups in total. The van der Waals surface area contributed by atoms with Crippen molar-refractivity contribution in [3.63, 3.8) is 0 Å². The molecule has 14 heavy (non-hydrogen) atoms. The fraction of sp³-hybridized carbons (Fsp3) is 0. The standard InChI is InChI=1S/C9H5N3.2ClH/c10-6-7-3-5-12-9-8(7)2-1-4-11-9;;/h1-5H;2*1H. The van der Waals surface area contributed by atoms with Gasteiger partial charge in [0, 0.05) is 17.8 Å². The molecule has 0 aliphatic carbocycles. The summed E-state index contributed by atoms with van der Waals surface area (Å²) >= 11 is 0. The predicted octanol–water partition coefficient (Wildman–Crippen LogP) is 2.35. The van der Waals surface area contributed by atoms with Crippen LogP contribution in [0.4, 0.5) is 0 Å². The lowest BCUT2D eigenvalue weighted by atomic mass is 10.2. The molecule has 0 bridgehead atoms. The van der Waals surface area contributed by atoms with E-state index in [1.165, 1.54) is 0 Å². The quantitative estimate of drug-likeness (QED) is 0.695. The van der Waals surface area contributed by atoms with Crippen LogP contribution in [0.25, 0.3) is 11.0 Å². The molecule has 2 aromatic heterocycles. The van der Waals surface area contributed by atoms with Crippen LogP contribution in [0.1, 0.15) is 5.56 Å². The molecule has 0 aliphatic heterocycles. The fourth-order valence-electron chi connectivity index (χ4n) is 1.08. The maximum atomic E-state index is 8.73. The van der Waals surface area contributed by atoms with E-state index in [2.05, 4.69) is 16.0 Å². The molecule has 0 atom stereocenters. The maximum Gasteiger partial charge on any atom is 0.160 e. The van der Waals surface area contributed by atoms with Crippen LogP contribution in [-0.2, 0) is 0 Å². The van der Waals surface area contributed by atoms with Gasteiger partial charge in [-0.1, -0.05) is 0 Å². The minimum Gasteiger partial charge on any atom is -0.237 e. The minimum atomic E-state index is 0. The van der Waals surface area contributed by atoms with Gasteiger partial charge in [-0.3, -0.25) is 0 Å². The summed E-state index contributed by atoms with van der Waals surface area (Å²) in [6.07, 6.45) is 3.25. The van der Waals surface area contributed by atoms with Crippen LogP contribution in [0.2, 0.25) is 0 Å². The summed E-state index contributed by atoms with van der Waals surface area (Å²) in [6, 6.07) is 7.41. The first-order chi connectivity index (χ1) is 5.92. The normalized spacial score (nSPS) is 8.21. The number of fused-ring (bicyclic) bond motifs is 1. The van der Waals surface area contributed by atoms with Crippen molar-refractivity contribution in [3.8, 4) is 6.07 Å². The molecular formula is C9H7Cl2N3. The Balaban J connectivity index is 0.000000845. The molecule has 0 fully saturated rings. The zero-order valence-corrected chi connectivity index (χ0v) is 8.68. The van der Waals surface area contributed by atoms with Gasteiger partial charge in [0.2, 0.25) is 0 Å². The average Bonchev–Trinajstić information content (AvgIpc) is 2.17. The first-order valence-corrected chi connectivity index (χ1v) is 3.51. The van der Waals surface area contributed by atoms with E-state index < -0.39 is 0 Å². The highest BCUT2D eigenvalue weighted by Crippen LogP contribution is 2.11. The second-order valence-corrected chi connectivity index (χ2v) is 2.34. The molecule has 0 radical (unpaired) electrons. The van der Waals surface area contributed by atoms with Gasteiger partial charge >= 0.3 is 0 Å². The number of nitrogens with zero attached hydrogens (tertiary/aromatic N) is 3. The first kappa shape index (κ1) is 12.6. The Kier molecular flexibility index (Phi) is 4.85. The zero-order valence-electron chi connectivity index (χ0n) is 7.04. The van der Waals surface area contributed by atoms with E-state index in [9.17, 15) is 0 Å². The Morgan fingerprint density at radius 2 is 1.79 bits per heavy atom. The van der Waals surface area contributed by atoms with E-state index >= 15 is 0 Å². The topological polar surface area (TPSA) is 49.6 Å². The number of hydrogen-bond acceptors (Lipinski definition) is 3. The van der Waals surface area contributed by atoms with Crippen LogP contribution in [-0.4, -0.2) is 9.97 Å². The molecule has 0 unspecified atom stereocenters. The van der Waals surface area contributed by atoms with Crippen molar-refractivity contribution >= 4 is 35.8 Å². The van der Waals surface area contributed by atoms with Crippen molar-refractivity contribution in [2.45, 2.75) is 0 Å². The van der Waals surface area contributed by atoms with Crippen LogP contribution in [0, 0.1) is 11.3 Å². The van der Waals surface area contributed by atoms with Crippen LogP contribution in [0.15, 0.2) is 30.6 Å². The molecule has 2 rings (SSSR count). The summed E-state index contributed by atoms with van der Waals surface area (Å²) in [7, 11) is 0. The average molecular weight is 228 g/mol. The van der Waals surface area contributed by atoms with Gasteiger partial charge in [0.15, 0.2) is 5.65 Å². The fourth-order valence-corrected chi connectivity index (χ4v) is 1.08. The Bertz CT molecular complexity index is 460. The van der Waals surface area contributed by atoms with Crippen molar-refractivity contribution in [2.75, 3.05) is 0 Å². The van der Waals surface area contributed by atoms with Crippen molar-refractivity contribution in [1.29, 1.82) is 5.26 Å². The Morgan fingerprint density at radius 1 is 1.07 bits per heavy atom. The SMILES string of the molecule is Cl.Cl.N#Cc1ccnc2ncccc12. The molecule has 5 heteroatoms. The van der Waals surface area contributed by atoms with E-state index in [0.29, 0.717) is 11.2 Å². The molecular weight excluding hydrogens is 221 g/mol. The molecule has 0 aliphatic rings. The molecule has 0 amide bonds. The van der Waals surface area contributed by atoms with Crippen LogP contribution < -0.4 is 0 Å². The second-order valence-electron chi connectivity index (χ2n) is 2.34.